The van der Waals surface area contributed by atoms with Crippen molar-refractivity contribution in [1.29, 1.82) is 0 Å². The lowest BCUT2D eigenvalue weighted by Gasteiger charge is -2.21. The average molecular weight is 236 g/mol. The molecule has 0 saturated carbocycles. The van der Waals surface area contributed by atoms with Crippen molar-refractivity contribution < 1.29 is 4.74 Å². The van der Waals surface area contributed by atoms with Crippen LogP contribution in [0.15, 0.2) is 30.3 Å². The van der Waals surface area contributed by atoms with E-state index in [9.17, 15) is 0 Å². The molecule has 0 saturated heterocycles. The molecule has 1 rings (SSSR count). The van der Waals surface area contributed by atoms with E-state index in [1.807, 2.05) is 6.07 Å². The third-order valence-corrected chi connectivity index (χ3v) is 2.59. The highest BCUT2D eigenvalue weighted by molar-refractivity contribution is 5.14. The van der Waals surface area contributed by atoms with Crippen LogP contribution in [0.4, 0.5) is 0 Å². The van der Waals surface area contributed by atoms with Gasteiger partial charge in [-0.2, -0.15) is 0 Å². The minimum Gasteiger partial charge on any atom is -0.380 e. The molecular formula is C14H24N2O. The van der Waals surface area contributed by atoms with E-state index in [0.29, 0.717) is 6.54 Å². The van der Waals surface area contributed by atoms with Crippen LogP contribution in [-0.2, 0) is 11.3 Å². The number of rotatable bonds is 9. The second-order valence-corrected chi connectivity index (χ2v) is 4.16. The largest absolute Gasteiger partial charge is 0.380 e. The molecule has 0 aromatic heterocycles. The zero-order valence-electron chi connectivity index (χ0n) is 10.8. The molecule has 3 heteroatoms. The van der Waals surface area contributed by atoms with E-state index in [2.05, 4.69) is 36.1 Å². The van der Waals surface area contributed by atoms with Gasteiger partial charge >= 0.3 is 0 Å². The molecule has 0 radical (unpaired) electrons. The molecule has 2 N–H and O–H groups in total. The Balaban J connectivity index is 2.32. The zero-order valence-corrected chi connectivity index (χ0v) is 10.8. The molecule has 0 aliphatic rings. The summed E-state index contributed by atoms with van der Waals surface area (Å²) >= 11 is 0. The number of hydrogen-bond acceptors (Lipinski definition) is 3. The highest BCUT2D eigenvalue weighted by atomic mass is 16.5. The third-order valence-electron chi connectivity index (χ3n) is 2.59. The molecule has 3 nitrogen and oxygen atoms in total. The molecular weight excluding hydrogens is 212 g/mol. The Kier molecular flexibility index (Phi) is 7.63. The maximum Gasteiger partial charge on any atom is 0.0593 e. The fourth-order valence-corrected chi connectivity index (χ4v) is 1.73. The standard InChI is InChI=1S/C14H24N2O/c1-2-11-17-12-10-16(9-8-15)13-14-6-4-3-5-7-14/h3-7H,2,8-13,15H2,1H3. The molecule has 17 heavy (non-hydrogen) atoms. The van der Waals surface area contributed by atoms with Gasteiger partial charge in [-0.3, -0.25) is 4.90 Å². The summed E-state index contributed by atoms with van der Waals surface area (Å²) in [6.45, 7) is 7.29. The van der Waals surface area contributed by atoms with Crippen molar-refractivity contribution in [2.24, 2.45) is 5.73 Å². The van der Waals surface area contributed by atoms with Crippen molar-refractivity contribution >= 4 is 0 Å². The van der Waals surface area contributed by atoms with Crippen molar-refractivity contribution in [2.45, 2.75) is 19.9 Å². The minimum absolute atomic E-state index is 0.695. The fourth-order valence-electron chi connectivity index (χ4n) is 1.73. The molecule has 0 fully saturated rings. The highest BCUT2D eigenvalue weighted by Crippen LogP contribution is 2.03. The molecule has 0 amide bonds. The monoisotopic (exact) mass is 236 g/mol. The first-order valence-corrected chi connectivity index (χ1v) is 6.41. The summed E-state index contributed by atoms with van der Waals surface area (Å²) in [5, 5.41) is 0. The van der Waals surface area contributed by atoms with E-state index in [-0.39, 0.29) is 0 Å². The van der Waals surface area contributed by atoms with E-state index >= 15 is 0 Å². The van der Waals surface area contributed by atoms with Crippen LogP contribution in [0.25, 0.3) is 0 Å². The van der Waals surface area contributed by atoms with Crippen LogP contribution in [0.1, 0.15) is 18.9 Å². The predicted molar refractivity (Wildman–Crippen MR) is 71.9 cm³/mol. The summed E-state index contributed by atoms with van der Waals surface area (Å²) < 4.78 is 5.51. The first kappa shape index (κ1) is 14.2. The van der Waals surface area contributed by atoms with E-state index in [1.54, 1.807) is 0 Å². The maximum absolute atomic E-state index is 5.63. The Bertz CT molecular complexity index is 277. The molecule has 1 aromatic carbocycles. The summed E-state index contributed by atoms with van der Waals surface area (Å²) in [5.41, 5.74) is 6.96. The molecule has 0 bridgehead atoms. The van der Waals surface area contributed by atoms with Crippen LogP contribution in [-0.4, -0.2) is 37.7 Å². The first-order valence-electron chi connectivity index (χ1n) is 6.41. The summed E-state index contributed by atoms with van der Waals surface area (Å²) in [6.07, 6.45) is 1.08. The first-order chi connectivity index (χ1) is 8.36. The van der Waals surface area contributed by atoms with Crippen LogP contribution in [0.3, 0.4) is 0 Å². The van der Waals surface area contributed by atoms with Gasteiger partial charge in [0.25, 0.3) is 0 Å². The summed E-state index contributed by atoms with van der Waals surface area (Å²) in [4.78, 5) is 2.34. The molecule has 1 aromatic rings. The van der Waals surface area contributed by atoms with Crippen molar-refractivity contribution in [3.63, 3.8) is 0 Å². The number of nitrogens with zero attached hydrogens (tertiary/aromatic N) is 1. The SMILES string of the molecule is CCCOCCN(CCN)Cc1ccccc1. The third kappa shape index (κ3) is 6.41. The number of hydrogen-bond donors (Lipinski definition) is 1. The van der Waals surface area contributed by atoms with Gasteiger partial charge in [-0.15, -0.1) is 0 Å². The van der Waals surface area contributed by atoms with Crippen molar-refractivity contribution in [2.75, 3.05) is 32.8 Å². The van der Waals surface area contributed by atoms with Gasteiger partial charge < -0.3 is 10.5 Å². The molecule has 0 heterocycles. The van der Waals surface area contributed by atoms with Crippen LogP contribution >= 0.6 is 0 Å². The number of ether oxygens (including phenoxy) is 1. The molecule has 0 aliphatic heterocycles. The van der Waals surface area contributed by atoms with Gasteiger partial charge in [0.2, 0.25) is 0 Å². The van der Waals surface area contributed by atoms with Gasteiger partial charge in [0.1, 0.15) is 0 Å². The molecule has 0 unspecified atom stereocenters. The fraction of sp³-hybridized carbons (Fsp3) is 0.571. The Labute approximate surface area is 105 Å². The van der Waals surface area contributed by atoms with Gasteiger partial charge in [-0.25, -0.2) is 0 Å². The van der Waals surface area contributed by atoms with Crippen LogP contribution in [0.2, 0.25) is 0 Å². The van der Waals surface area contributed by atoms with Gasteiger partial charge in [0, 0.05) is 32.8 Å². The molecule has 0 atom stereocenters. The Hall–Kier alpha value is -0.900. The van der Waals surface area contributed by atoms with E-state index < -0.39 is 0 Å². The van der Waals surface area contributed by atoms with Crippen LogP contribution in [0.5, 0.6) is 0 Å². The highest BCUT2D eigenvalue weighted by Gasteiger charge is 2.04. The quantitative estimate of drug-likeness (QED) is 0.665. The molecule has 96 valence electrons. The Morgan fingerprint density at radius 2 is 1.88 bits per heavy atom. The van der Waals surface area contributed by atoms with Crippen molar-refractivity contribution in [3.05, 3.63) is 35.9 Å². The van der Waals surface area contributed by atoms with E-state index in [1.165, 1.54) is 5.56 Å². The summed E-state index contributed by atoms with van der Waals surface area (Å²) in [7, 11) is 0. The maximum atomic E-state index is 5.63. The van der Waals surface area contributed by atoms with Crippen molar-refractivity contribution in [1.82, 2.24) is 4.90 Å². The van der Waals surface area contributed by atoms with E-state index in [4.69, 9.17) is 10.5 Å². The average Bonchev–Trinajstić information content (AvgIpc) is 2.36. The topological polar surface area (TPSA) is 38.5 Å². The second kappa shape index (κ2) is 9.16. The molecule has 0 aliphatic carbocycles. The normalized spacial score (nSPS) is 11.0. The Morgan fingerprint density at radius 1 is 1.12 bits per heavy atom. The number of nitrogens with two attached hydrogens (primary N) is 1. The lowest BCUT2D eigenvalue weighted by Crippen LogP contribution is -2.32. The van der Waals surface area contributed by atoms with Crippen LogP contribution in [0, 0.1) is 0 Å². The molecule has 0 spiro atoms. The van der Waals surface area contributed by atoms with Crippen LogP contribution < -0.4 is 5.73 Å². The van der Waals surface area contributed by atoms with E-state index in [0.717, 1.165) is 39.3 Å². The summed E-state index contributed by atoms with van der Waals surface area (Å²) in [5.74, 6) is 0. The predicted octanol–water partition coefficient (Wildman–Crippen LogP) is 1.87. The van der Waals surface area contributed by atoms with Crippen molar-refractivity contribution in [3.8, 4) is 0 Å². The van der Waals surface area contributed by atoms with Gasteiger partial charge in [-0.1, -0.05) is 37.3 Å². The second-order valence-electron chi connectivity index (χ2n) is 4.16. The Morgan fingerprint density at radius 3 is 2.53 bits per heavy atom. The lowest BCUT2D eigenvalue weighted by molar-refractivity contribution is 0.103. The lowest BCUT2D eigenvalue weighted by atomic mass is 10.2. The zero-order chi connectivity index (χ0) is 12.3. The van der Waals surface area contributed by atoms with Gasteiger partial charge in [0.05, 0.1) is 6.61 Å². The van der Waals surface area contributed by atoms with Gasteiger partial charge in [-0.05, 0) is 12.0 Å². The smallest absolute Gasteiger partial charge is 0.0593 e. The minimum atomic E-state index is 0.695. The number of benzene rings is 1. The van der Waals surface area contributed by atoms with Gasteiger partial charge in [0.15, 0.2) is 0 Å². The summed E-state index contributed by atoms with van der Waals surface area (Å²) in [6, 6.07) is 10.5.